The van der Waals surface area contributed by atoms with Crippen LogP contribution < -0.4 is 10.1 Å². The number of aryl methyl sites for hydroxylation is 1. The number of nitrogens with one attached hydrogen (secondary N) is 1. The molecule has 0 fully saturated rings. The number of nitrogens with zero attached hydrogens (tertiary/aromatic N) is 1. The van der Waals surface area contributed by atoms with Crippen LogP contribution in [0.4, 0.5) is 4.39 Å². The fraction of sp³-hybridized carbons (Fsp3) is 0.333. The molecule has 2 aliphatic heterocycles. The molecule has 2 atom stereocenters. The van der Waals surface area contributed by atoms with E-state index in [0.717, 1.165) is 17.2 Å². The molecule has 0 saturated carbocycles. The Morgan fingerprint density at radius 2 is 1.95 bits per heavy atom. The van der Waals surface area contributed by atoms with Crippen LogP contribution in [-0.2, 0) is 9.59 Å². The Kier molecular flexibility index (Phi) is 7.94. The number of aliphatic hydroxyl groups excluding tert-OH is 1. The highest BCUT2D eigenvalue weighted by Gasteiger charge is 2.42. The minimum absolute atomic E-state index is 0.0301. The van der Waals surface area contributed by atoms with E-state index in [1.165, 1.54) is 6.07 Å². The number of carboxylic acids is 1. The van der Waals surface area contributed by atoms with Crippen LogP contribution in [0, 0.1) is 19.7 Å². The number of carbonyl (C=O) groups is 2. The van der Waals surface area contributed by atoms with Crippen molar-refractivity contribution in [3.8, 4) is 5.75 Å². The predicted molar refractivity (Wildman–Crippen MR) is 139 cm³/mol. The maximum absolute atomic E-state index is 15.0. The first kappa shape index (κ1) is 27.1. The lowest BCUT2D eigenvalue weighted by molar-refractivity contribution is -0.133. The summed E-state index contributed by atoms with van der Waals surface area (Å²) in [6, 6.07) is 8.07. The highest BCUT2D eigenvalue weighted by atomic mass is 35.5. The summed E-state index contributed by atoms with van der Waals surface area (Å²) < 4.78 is 20.8. The Bertz CT molecular complexity index is 1340. The van der Waals surface area contributed by atoms with E-state index in [0.29, 0.717) is 11.4 Å². The van der Waals surface area contributed by atoms with E-state index in [9.17, 15) is 19.8 Å². The fourth-order valence-electron chi connectivity index (χ4n) is 4.84. The number of Topliss-reactive ketones (excluding diaryl/α,β-unsaturated/α-hetero) is 1. The summed E-state index contributed by atoms with van der Waals surface area (Å²) in [6.07, 6.45) is -0.889. The monoisotopic (exact) mass is 548 g/mol. The maximum atomic E-state index is 15.0. The number of ether oxygens (including phenoxy) is 1. The number of carbonyl (C=O) groups excluding carboxylic acids is 1. The van der Waals surface area contributed by atoms with Gasteiger partial charge in [-0.2, -0.15) is 0 Å². The molecule has 3 N–H and O–H groups in total. The average Bonchev–Trinajstić information content (AvgIpc) is 2.82. The summed E-state index contributed by atoms with van der Waals surface area (Å²) >= 11 is 12.5. The van der Waals surface area contributed by atoms with Gasteiger partial charge in [-0.05, 0) is 50.1 Å². The van der Waals surface area contributed by atoms with Gasteiger partial charge in [0.15, 0.2) is 5.78 Å². The largest absolute Gasteiger partial charge is 0.491 e. The van der Waals surface area contributed by atoms with Gasteiger partial charge in [-0.15, -0.1) is 0 Å². The number of β-amino-alcohol motifs (C(OH)–C–C–N with tert-alkyl or cyclic N) is 1. The molecule has 0 spiro atoms. The van der Waals surface area contributed by atoms with Crippen molar-refractivity contribution in [2.75, 3.05) is 26.2 Å². The first-order valence-electron chi connectivity index (χ1n) is 11.7. The fourth-order valence-corrected chi connectivity index (χ4v) is 5.27. The van der Waals surface area contributed by atoms with Crippen molar-refractivity contribution in [3.05, 3.63) is 85.4 Å². The molecule has 10 heteroatoms. The van der Waals surface area contributed by atoms with Crippen LogP contribution in [0.2, 0.25) is 10.0 Å². The van der Waals surface area contributed by atoms with Crippen molar-refractivity contribution in [1.29, 1.82) is 0 Å². The smallest absolute Gasteiger partial charge is 0.334 e. The molecule has 2 aromatic rings. The number of hydrogen-bond acceptors (Lipinski definition) is 6. The number of benzene rings is 2. The number of halogens is 3. The third-order valence-corrected chi connectivity index (χ3v) is 7.57. The van der Waals surface area contributed by atoms with E-state index in [1.54, 1.807) is 11.8 Å². The zero-order valence-electron chi connectivity index (χ0n) is 20.6. The third kappa shape index (κ3) is 5.38. The first-order valence-corrected chi connectivity index (χ1v) is 12.4. The van der Waals surface area contributed by atoms with E-state index in [1.807, 2.05) is 32.0 Å². The maximum Gasteiger partial charge on any atom is 0.334 e. The van der Waals surface area contributed by atoms with Crippen LogP contribution in [-0.4, -0.2) is 59.2 Å². The van der Waals surface area contributed by atoms with Crippen LogP contribution in [0.25, 0.3) is 0 Å². The van der Waals surface area contributed by atoms with Gasteiger partial charge in [0.1, 0.15) is 24.3 Å². The topological polar surface area (TPSA) is 99.1 Å². The highest BCUT2D eigenvalue weighted by Crippen LogP contribution is 2.45. The van der Waals surface area contributed by atoms with Gasteiger partial charge in [0.25, 0.3) is 0 Å². The van der Waals surface area contributed by atoms with Crippen molar-refractivity contribution in [2.24, 2.45) is 0 Å². The molecule has 2 aromatic carbocycles. The zero-order valence-corrected chi connectivity index (χ0v) is 22.1. The van der Waals surface area contributed by atoms with Gasteiger partial charge >= 0.3 is 5.97 Å². The molecule has 7 nitrogen and oxygen atoms in total. The van der Waals surface area contributed by atoms with Gasteiger partial charge in [0.05, 0.1) is 28.1 Å². The van der Waals surface area contributed by atoms with Crippen LogP contribution in [0.15, 0.2) is 52.9 Å². The Hall–Kier alpha value is -2.91. The summed E-state index contributed by atoms with van der Waals surface area (Å²) in [6.45, 7) is 5.75. The summed E-state index contributed by atoms with van der Waals surface area (Å²) in [5.41, 5.74) is 2.56. The number of aliphatic hydroxyl groups is 1. The van der Waals surface area contributed by atoms with E-state index < -0.39 is 29.6 Å². The number of rotatable bonds is 7. The van der Waals surface area contributed by atoms with Crippen molar-refractivity contribution >= 4 is 35.0 Å². The number of ketones is 1. The lowest BCUT2D eigenvalue weighted by Gasteiger charge is -2.38. The molecule has 2 aliphatic rings. The molecule has 0 bridgehead atoms. The molecule has 0 saturated heterocycles. The van der Waals surface area contributed by atoms with Gasteiger partial charge in [0, 0.05) is 35.6 Å². The number of aliphatic carboxylic acids is 1. The van der Waals surface area contributed by atoms with Gasteiger partial charge < -0.3 is 20.3 Å². The zero-order chi connectivity index (χ0) is 27.0. The molecule has 2 unspecified atom stereocenters. The van der Waals surface area contributed by atoms with Gasteiger partial charge in [-0.3, -0.25) is 9.69 Å². The second-order valence-corrected chi connectivity index (χ2v) is 10.1. The van der Waals surface area contributed by atoms with Crippen LogP contribution in [0.3, 0.4) is 0 Å². The molecule has 4 rings (SSSR count). The molecule has 37 heavy (non-hydrogen) atoms. The lowest BCUT2D eigenvalue weighted by Crippen LogP contribution is -2.48. The molecular formula is C27H27Cl2FN2O5. The highest BCUT2D eigenvalue weighted by molar-refractivity contribution is 6.42. The normalized spacial score (nSPS) is 19.0. The number of dihydropyridines is 1. The lowest BCUT2D eigenvalue weighted by atomic mass is 9.77. The van der Waals surface area contributed by atoms with Crippen LogP contribution in [0.1, 0.15) is 29.5 Å². The Morgan fingerprint density at radius 1 is 1.22 bits per heavy atom. The van der Waals surface area contributed by atoms with Gasteiger partial charge in [-0.1, -0.05) is 35.3 Å². The van der Waals surface area contributed by atoms with E-state index in [-0.39, 0.29) is 58.7 Å². The standard InChI is InChI=1S/C27H27Cl2FN2O5/c1-13-5-4-6-21(14(13)2)37-12-16(33)9-32-10-19-24(20(34)11-32)25(22(27(35)36)15(3)31-19)23-18(30)8-7-17(28)26(23)29/h4-8,16,25,31,33H,9-12H2,1-3H3,(H,35,36). The summed E-state index contributed by atoms with van der Waals surface area (Å²) in [5, 5.41) is 23.5. The molecule has 0 amide bonds. The minimum Gasteiger partial charge on any atom is -0.491 e. The van der Waals surface area contributed by atoms with Gasteiger partial charge in [0.2, 0.25) is 0 Å². The quantitative estimate of drug-likeness (QED) is 0.441. The molecule has 196 valence electrons. The number of allylic oxidation sites excluding steroid dienone is 1. The van der Waals surface area contributed by atoms with Crippen molar-refractivity contribution in [1.82, 2.24) is 10.2 Å². The number of carboxylic acid groups (broad SMARTS) is 1. The summed E-state index contributed by atoms with van der Waals surface area (Å²) in [4.78, 5) is 27.3. The first-order chi connectivity index (χ1) is 17.5. The Morgan fingerprint density at radius 3 is 2.65 bits per heavy atom. The molecular weight excluding hydrogens is 522 g/mol. The minimum atomic E-state index is -1.30. The van der Waals surface area contributed by atoms with Crippen molar-refractivity contribution in [3.63, 3.8) is 0 Å². The van der Waals surface area contributed by atoms with Crippen molar-refractivity contribution in [2.45, 2.75) is 32.8 Å². The molecule has 0 aliphatic carbocycles. The van der Waals surface area contributed by atoms with Crippen LogP contribution >= 0.6 is 23.2 Å². The molecule has 0 aromatic heterocycles. The molecule has 0 radical (unpaired) electrons. The van der Waals surface area contributed by atoms with E-state index >= 15 is 4.39 Å². The third-order valence-electron chi connectivity index (χ3n) is 6.75. The van der Waals surface area contributed by atoms with Crippen LogP contribution in [0.5, 0.6) is 5.75 Å². The summed E-state index contributed by atoms with van der Waals surface area (Å²) in [5.74, 6) is -3.01. The van der Waals surface area contributed by atoms with Crippen molar-refractivity contribution < 1.29 is 28.9 Å². The predicted octanol–water partition coefficient (Wildman–Crippen LogP) is 4.37. The van der Waals surface area contributed by atoms with E-state index in [4.69, 9.17) is 27.9 Å². The molecule has 2 heterocycles. The number of hydrogen-bond donors (Lipinski definition) is 3. The van der Waals surface area contributed by atoms with E-state index in [2.05, 4.69) is 5.32 Å². The second kappa shape index (κ2) is 10.8. The Balaban J connectivity index is 1.59. The Labute approximate surface area is 224 Å². The SMILES string of the molecule is CC1=C(C(=O)O)C(c2c(F)ccc(Cl)c2Cl)C2=C(CN(CC(O)COc3cccc(C)c3C)CC2=O)N1. The average molecular weight is 549 g/mol. The second-order valence-electron chi connectivity index (χ2n) is 9.31. The van der Waals surface area contributed by atoms with Gasteiger partial charge in [-0.25, -0.2) is 9.18 Å². The summed E-state index contributed by atoms with van der Waals surface area (Å²) in [7, 11) is 0.